The molecular weight excluding hydrogens is 270 g/mol. The lowest BCUT2D eigenvalue weighted by Crippen LogP contribution is -2.32. The Morgan fingerprint density at radius 3 is 2.00 bits per heavy atom. The average Bonchev–Trinajstić information content (AvgIpc) is 2.46. The molecule has 3 N–H and O–H groups in total. The van der Waals surface area contributed by atoms with Gasteiger partial charge in [0.2, 0.25) is 0 Å². The molecule has 1 aromatic carbocycles. The van der Waals surface area contributed by atoms with E-state index in [9.17, 15) is 8.78 Å². The molecule has 20 heavy (non-hydrogen) atoms. The number of rotatable bonds is 8. The highest BCUT2D eigenvalue weighted by Crippen LogP contribution is 2.38. The third-order valence-corrected chi connectivity index (χ3v) is 2.86. The Morgan fingerprint density at radius 1 is 1.10 bits per heavy atom. The van der Waals surface area contributed by atoms with Crippen LogP contribution in [0.5, 0.6) is 17.2 Å². The number of hydrogen-bond donors (Lipinski definition) is 2. The van der Waals surface area contributed by atoms with E-state index in [4.69, 9.17) is 19.9 Å². The number of hydrogen-bond acceptors (Lipinski definition) is 5. The number of nitrogens with two attached hydrogens (primary N) is 1. The minimum atomic E-state index is -2.46. The van der Waals surface area contributed by atoms with Gasteiger partial charge in [-0.1, -0.05) is 0 Å². The van der Waals surface area contributed by atoms with Gasteiger partial charge < -0.3 is 25.3 Å². The summed E-state index contributed by atoms with van der Waals surface area (Å²) in [6.45, 7) is -0.327. The fraction of sp³-hybridized carbons (Fsp3) is 0.538. The lowest BCUT2D eigenvalue weighted by atomic mass is 10.0. The van der Waals surface area contributed by atoms with Crippen LogP contribution in [0.3, 0.4) is 0 Å². The highest BCUT2D eigenvalue weighted by Gasteiger charge is 2.22. The molecule has 1 rings (SSSR count). The van der Waals surface area contributed by atoms with E-state index in [0.717, 1.165) is 0 Å². The van der Waals surface area contributed by atoms with Crippen molar-refractivity contribution in [3.05, 3.63) is 17.7 Å². The molecule has 0 amide bonds. The van der Waals surface area contributed by atoms with E-state index in [1.807, 2.05) is 0 Å². The zero-order valence-electron chi connectivity index (χ0n) is 11.8. The molecule has 0 aliphatic rings. The molecule has 0 aliphatic carbocycles. The standard InChI is InChI=1S/C13H20F2N2O3/c1-18-8-4-10(19-2)13(11(5-8)20-3)9(6-16)17-7-12(14)15/h4-5,9,12,17H,6-7,16H2,1-3H3. The number of methoxy groups -OCH3 is 3. The maximum Gasteiger partial charge on any atom is 0.250 e. The van der Waals surface area contributed by atoms with E-state index in [-0.39, 0.29) is 6.54 Å². The van der Waals surface area contributed by atoms with Gasteiger partial charge in [-0.2, -0.15) is 0 Å². The fourth-order valence-electron chi connectivity index (χ4n) is 1.91. The SMILES string of the molecule is COc1cc(OC)c(C(CN)NCC(F)F)c(OC)c1. The Bertz CT molecular complexity index is 405. The van der Waals surface area contributed by atoms with Crippen molar-refractivity contribution in [2.24, 2.45) is 5.73 Å². The van der Waals surface area contributed by atoms with E-state index in [0.29, 0.717) is 22.8 Å². The van der Waals surface area contributed by atoms with E-state index < -0.39 is 19.0 Å². The molecule has 1 unspecified atom stereocenters. The van der Waals surface area contributed by atoms with Crippen molar-refractivity contribution in [2.75, 3.05) is 34.4 Å². The van der Waals surface area contributed by atoms with Gasteiger partial charge in [0.15, 0.2) is 0 Å². The molecule has 114 valence electrons. The first kappa shape index (κ1) is 16.5. The Kier molecular flexibility index (Phi) is 6.47. The Balaban J connectivity index is 3.17. The van der Waals surface area contributed by atoms with Gasteiger partial charge in [0, 0.05) is 18.7 Å². The minimum absolute atomic E-state index is 0.131. The monoisotopic (exact) mass is 290 g/mol. The summed E-state index contributed by atoms with van der Waals surface area (Å²) in [5.74, 6) is 1.49. The van der Waals surface area contributed by atoms with Crippen LogP contribution in [0.15, 0.2) is 12.1 Å². The van der Waals surface area contributed by atoms with E-state index in [2.05, 4.69) is 5.32 Å². The molecule has 1 atom stereocenters. The first-order valence-corrected chi connectivity index (χ1v) is 6.08. The van der Waals surface area contributed by atoms with E-state index in [1.165, 1.54) is 21.3 Å². The Labute approximate surface area is 117 Å². The average molecular weight is 290 g/mol. The topological polar surface area (TPSA) is 65.7 Å². The van der Waals surface area contributed by atoms with Crippen molar-refractivity contribution in [2.45, 2.75) is 12.5 Å². The van der Waals surface area contributed by atoms with Gasteiger partial charge in [-0.3, -0.25) is 0 Å². The van der Waals surface area contributed by atoms with Gasteiger partial charge in [0.05, 0.1) is 39.5 Å². The molecule has 7 heteroatoms. The van der Waals surface area contributed by atoms with Crippen LogP contribution in [-0.4, -0.2) is 40.8 Å². The number of alkyl halides is 2. The van der Waals surface area contributed by atoms with Gasteiger partial charge in [0.1, 0.15) is 17.2 Å². The van der Waals surface area contributed by atoms with Crippen molar-refractivity contribution in [1.29, 1.82) is 0 Å². The smallest absolute Gasteiger partial charge is 0.250 e. The molecule has 0 heterocycles. The van der Waals surface area contributed by atoms with Crippen LogP contribution >= 0.6 is 0 Å². The summed E-state index contributed by atoms with van der Waals surface area (Å²) in [5.41, 5.74) is 6.26. The highest BCUT2D eigenvalue weighted by atomic mass is 19.3. The lowest BCUT2D eigenvalue weighted by molar-refractivity contribution is 0.141. The molecule has 5 nitrogen and oxygen atoms in total. The Hall–Kier alpha value is -1.60. The van der Waals surface area contributed by atoms with Crippen molar-refractivity contribution in [3.8, 4) is 17.2 Å². The normalized spacial score (nSPS) is 12.3. The van der Waals surface area contributed by atoms with Crippen LogP contribution in [0.25, 0.3) is 0 Å². The van der Waals surface area contributed by atoms with Crippen LogP contribution in [0, 0.1) is 0 Å². The number of benzene rings is 1. The maximum absolute atomic E-state index is 12.3. The zero-order chi connectivity index (χ0) is 15.1. The molecule has 0 aliphatic heterocycles. The molecule has 0 saturated carbocycles. The molecule has 0 aromatic heterocycles. The summed E-state index contributed by atoms with van der Waals surface area (Å²) in [7, 11) is 4.49. The van der Waals surface area contributed by atoms with E-state index >= 15 is 0 Å². The summed E-state index contributed by atoms with van der Waals surface area (Å²) in [5, 5.41) is 2.70. The van der Waals surface area contributed by atoms with Crippen LogP contribution in [0.4, 0.5) is 8.78 Å². The quantitative estimate of drug-likeness (QED) is 0.761. The predicted molar refractivity (Wildman–Crippen MR) is 71.9 cm³/mol. The summed E-state index contributed by atoms with van der Waals surface area (Å²) in [6.07, 6.45) is -2.46. The molecule has 1 aromatic rings. The summed E-state index contributed by atoms with van der Waals surface area (Å²) >= 11 is 0. The first-order chi connectivity index (χ1) is 9.57. The van der Waals surface area contributed by atoms with Crippen LogP contribution in [0.1, 0.15) is 11.6 Å². The van der Waals surface area contributed by atoms with Crippen LogP contribution in [-0.2, 0) is 0 Å². The van der Waals surface area contributed by atoms with Crippen LogP contribution in [0.2, 0.25) is 0 Å². The van der Waals surface area contributed by atoms with Crippen LogP contribution < -0.4 is 25.3 Å². The van der Waals surface area contributed by atoms with Gasteiger partial charge in [0.25, 0.3) is 6.43 Å². The molecule has 0 radical (unpaired) electrons. The van der Waals surface area contributed by atoms with Gasteiger partial charge in [-0.05, 0) is 0 Å². The first-order valence-electron chi connectivity index (χ1n) is 6.08. The molecule has 0 spiro atoms. The maximum atomic E-state index is 12.3. The van der Waals surface area contributed by atoms with Crippen molar-refractivity contribution in [3.63, 3.8) is 0 Å². The second-order valence-corrected chi connectivity index (χ2v) is 4.03. The number of nitrogens with one attached hydrogen (secondary N) is 1. The zero-order valence-corrected chi connectivity index (χ0v) is 11.8. The van der Waals surface area contributed by atoms with Gasteiger partial charge in [-0.15, -0.1) is 0 Å². The van der Waals surface area contributed by atoms with Crippen molar-refractivity contribution in [1.82, 2.24) is 5.32 Å². The predicted octanol–water partition coefficient (Wildman–Crippen LogP) is 1.57. The summed E-state index contributed by atoms with van der Waals surface area (Å²) < 4.78 is 40.4. The second-order valence-electron chi connectivity index (χ2n) is 4.03. The van der Waals surface area contributed by atoms with Gasteiger partial charge in [-0.25, -0.2) is 8.78 Å². The Morgan fingerprint density at radius 2 is 1.65 bits per heavy atom. The lowest BCUT2D eigenvalue weighted by Gasteiger charge is -2.22. The van der Waals surface area contributed by atoms with Crippen molar-refractivity contribution >= 4 is 0 Å². The fourth-order valence-corrected chi connectivity index (χ4v) is 1.91. The molecule has 0 fully saturated rings. The molecular formula is C13H20F2N2O3. The molecule has 0 saturated heterocycles. The third-order valence-electron chi connectivity index (χ3n) is 2.86. The summed E-state index contributed by atoms with van der Waals surface area (Å²) in [6, 6.07) is 2.81. The van der Waals surface area contributed by atoms with Gasteiger partial charge >= 0.3 is 0 Å². The molecule has 0 bridgehead atoms. The van der Waals surface area contributed by atoms with E-state index in [1.54, 1.807) is 12.1 Å². The van der Waals surface area contributed by atoms with Crippen molar-refractivity contribution < 1.29 is 23.0 Å². The second kappa shape index (κ2) is 7.86. The number of halogens is 2. The third kappa shape index (κ3) is 3.94. The number of ether oxygens (including phenoxy) is 3. The minimum Gasteiger partial charge on any atom is -0.496 e. The summed E-state index contributed by atoms with van der Waals surface area (Å²) in [4.78, 5) is 0. The largest absolute Gasteiger partial charge is 0.496 e. The highest BCUT2D eigenvalue weighted by molar-refractivity contribution is 5.52.